The highest BCUT2D eigenvalue weighted by atomic mass is 35.5. The monoisotopic (exact) mass is 438 g/mol. The molecule has 9 heteroatoms. The Labute approximate surface area is 178 Å². The van der Waals surface area contributed by atoms with Crippen LogP contribution >= 0.6 is 22.9 Å². The minimum Gasteiger partial charge on any atom is -0.391 e. The van der Waals surface area contributed by atoms with Gasteiger partial charge in [0.05, 0.1) is 28.3 Å². The lowest BCUT2D eigenvalue weighted by molar-refractivity contribution is 0.0932. The maximum atomic E-state index is 13.9. The van der Waals surface area contributed by atoms with Gasteiger partial charge in [0.25, 0.3) is 5.91 Å². The van der Waals surface area contributed by atoms with Crippen LogP contribution in [0.1, 0.15) is 44.7 Å². The third-order valence-electron chi connectivity index (χ3n) is 4.17. The van der Waals surface area contributed by atoms with E-state index in [4.69, 9.17) is 11.6 Å². The van der Waals surface area contributed by atoms with Gasteiger partial charge in [-0.05, 0) is 50.8 Å². The largest absolute Gasteiger partial charge is 0.391 e. The van der Waals surface area contributed by atoms with Crippen molar-refractivity contribution in [3.05, 3.63) is 68.7 Å². The summed E-state index contributed by atoms with van der Waals surface area (Å²) in [4.78, 5) is 20.9. The molecule has 1 unspecified atom stereocenters. The first-order valence-electron chi connectivity index (χ1n) is 8.88. The molecule has 0 saturated heterocycles. The van der Waals surface area contributed by atoms with Crippen LogP contribution in [-0.4, -0.2) is 34.6 Å². The van der Waals surface area contributed by atoms with E-state index in [1.54, 1.807) is 26.1 Å². The van der Waals surface area contributed by atoms with E-state index < -0.39 is 5.83 Å². The van der Waals surface area contributed by atoms with Gasteiger partial charge in [-0.2, -0.15) is 0 Å². The molecule has 0 bridgehead atoms. The van der Waals surface area contributed by atoms with Gasteiger partial charge in [0.1, 0.15) is 16.5 Å². The molecule has 2 rings (SSSR count). The first-order valence-corrected chi connectivity index (χ1v) is 10.1. The number of amides is 1. The molecule has 2 aromatic heterocycles. The summed E-state index contributed by atoms with van der Waals surface area (Å²) >= 11 is 7.08. The van der Waals surface area contributed by atoms with Crippen LogP contribution in [0.3, 0.4) is 0 Å². The summed E-state index contributed by atoms with van der Waals surface area (Å²) in [6.45, 7) is 7.35. The molecule has 1 amide bonds. The number of nitrogens with one attached hydrogen (secondary N) is 3. The molecule has 0 fully saturated rings. The number of allylic oxidation sites excluding steroid dienone is 5. The zero-order valence-electron chi connectivity index (χ0n) is 16.5. The number of likely N-dealkylation sites (N-methyl/N-ethyl adjacent to an activating group) is 1. The Morgan fingerprint density at radius 3 is 2.76 bits per heavy atom. The number of rotatable bonds is 9. The van der Waals surface area contributed by atoms with E-state index in [0.29, 0.717) is 28.5 Å². The molecule has 0 aromatic carbocycles. The number of aliphatic hydroxyl groups excluding tert-OH is 1. The predicted octanol–water partition coefficient (Wildman–Crippen LogP) is 3.97. The van der Waals surface area contributed by atoms with E-state index in [0.717, 1.165) is 10.6 Å². The number of hydrogen-bond acceptors (Lipinski definition) is 5. The highest BCUT2D eigenvalue weighted by Gasteiger charge is 2.21. The summed E-state index contributed by atoms with van der Waals surface area (Å²) < 4.78 is 13.9. The summed E-state index contributed by atoms with van der Waals surface area (Å²) in [6, 6.07) is 2.97. The van der Waals surface area contributed by atoms with Crippen LogP contribution < -0.4 is 10.6 Å². The lowest BCUT2D eigenvalue weighted by atomic mass is 10.2. The number of aromatic amines is 1. The van der Waals surface area contributed by atoms with Crippen LogP contribution in [-0.2, 0) is 6.61 Å². The molecule has 4 N–H and O–H groups in total. The molecule has 2 aromatic rings. The van der Waals surface area contributed by atoms with Crippen LogP contribution in [0.2, 0.25) is 0 Å². The SMILES string of the molecule is C=C/C(Cl)=C(F)\C=C(/C)c1ccc(C(=O)NC(CNC)c2nc(C)c(CO)s2)[nH]1. The summed E-state index contributed by atoms with van der Waals surface area (Å²) in [5.41, 5.74) is 2.26. The Kier molecular flexibility index (Phi) is 8.33. The molecule has 29 heavy (non-hydrogen) atoms. The normalized spacial score (nSPS) is 13.8. The van der Waals surface area contributed by atoms with Crippen molar-refractivity contribution in [2.24, 2.45) is 0 Å². The van der Waals surface area contributed by atoms with Gasteiger partial charge in [0.15, 0.2) is 0 Å². The number of thiazole rings is 1. The van der Waals surface area contributed by atoms with Crippen LogP contribution in [0.5, 0.6) is 0 Å². The molecule has 0 radical (unpaired) electrons. The molecule has 156 valence electrons. The number of carbonyl (C=O) groups is 1. The number of aryl methyl sites for hydroxylation is 1. The Bertz CT molecular complexity index is 948. The molecule has 1 atom stereocenters. The van der Waals surface area contributed by atoms with Gasteiger partial charge in [-0.3, -0.25) is 4.79 Å². The van der Waals surface area contributed by atoms with Crippen LogP contribution in [0, 0.1) is 6.92 Å². The average molecular weight is 439 g/mol. The van der Waals surface area contributed by atoms with E-state index in [9.17, 15) is 14.3 Å². The van der Waals surface area contributed by atoms with Crippen molar-refractivity contribution in [1.29, 1.82) is 0 Å². The van der Waals surface area contributed by atoms with Crippen molar-refractivity contribution in [3.63, 3.8) is 0 Å². The van der Waals surface area contributed by atoms with Crippen LogP contribution in [0.4, 0.5) is 4.39 Å². The zero-order chi connectivity index (χ0) is 21.6. The second kappa shape index (κ2) is 10.5. The number of aromatic nitrogens is 2. The number of aliphatic hydroxyl groups is 1. The van der Waals surface area contributed by atoms with Crippen LogP contribution in [0.15, 0.2) is 41.7 Å². The van der Waals surface area contributed by atoms with Crippen molar-refractivity contribution < 1.29 is 14.3 Å². The van der Waals surface area contributed by atoms with Gasteiger partial charge in [0, 0.05) is 12.2 Å². The van der Waals surface area contributed by atoms with Gasteiger partial charge in [-0.25, -0.2) is 9.37 Å². The average Bonchev–Trinajstić information content (AvgIpc) is 3.33. The fraction of sp³-hybridized carbons (Fsp3) is 0.300. The topological polar surface area (TPSA) is 90.0 Å². The summed E-state index contributed by atoms with van der Waals surface area (Å²) in [6.07, 6.45) is 2.49. The van der Waals surface area contributed by atoms with Crippen molar-refractivity contribution in [3.8, 4) is 0 Å². The molecule has 2 heterocycles. The Hall–Kier alpha value is -2.26. The smallest absolute Gasteiger partial charge is 0.268 e. The number of carbonyl (C=O) groups excluding carboxylic acids is 1. The fourth-order valence-corrected chi connectivity index (χ4v) is 3.61. The third-order valence-corrected chi connectivity index (χ3v) is 5.76. The number of halogens is 2. The van der Waals surface area contributed by atoms with Gasteiger partial charge in [-0.1, -0.05) is 18.2 Å². The molecule has 0 spiro atoms. The van der Waals surface area contributed by atoms with E-state index in [-0.39, 0.29) is 23.6 Å². The van der Waals surface area contributed by atoms with Gasteiger partial charge < -0.3 is 20.7 Å². The minimum absolute atomic E-state index is 0.0789. The van der Waals surface area contributed by atoms with E-state index in [1.165, 1.54) is 23.5 Å². The Morgan fingerprint density at radius 1 is 1.48 bits per heavy atom. The van der Waals surface area contributed by atoms with Gasteiger partial charge in [-0.15, -0.1) is 11.3 Å². The van der Waals surface area contributed by atoms with E-state index in [1.807, 2.05) is 6.92 Å². The standard InChI is InChI=1S/C20H24ClFN4O2S/c1-5-13(21)14(22)8-11(2)15-6-7-16(25-15)19(28)26-17(9-23-4)20-24-12(3)18(10-27)29-20/h5-8,17,23,25,27H,1,9-10H2,2-4H3,(H,26,28)/b11-8+,14-13-. The molecule has 0 aliphatic rings. The van der Waals surface area contributed by atoms with Crippen LogP contribution in [0.25, 0.3) is 5.57 Å². The molecule has 0 aliphatic heterocycles. The lowest BCUT2D eigenvalue weighted by Crippen LogP contribution is -2.34. The number of H-pyrrole nitrogens is 1. The summed E-state index contributed by atoms with van der Waals surface area (Å²) in [5, 5.41) is 16.0. The van der Waals surface area contributed by atoms with Crippen molar-refractivity contribution in [2.75, 3.05) is 13.6 Å². The first kappa shape index (κ1) is 23.0. The Morgan fingerprint density at radius 2 is 2.17 bits per heavy atom. The lowest BCUT2D eigenvalue weighted by Gasteiger charge is -2.15. The Balaban J connectivity index is 2.19. The third kappa shape index (κ3) is 5.86. The van der Waals surface area contributed by atoms with Gasteiger partial charge in [0.2, 0.25) is 0 Å². The zero-order valence-corrected chi connectivity index (χ0v) is 18.0. The van der Waals surface area contributed by atoms with Crippen molar-refractivity contribution in [1.82, 2.24) is 20.6 Å². The highest BCUT2D eigenvalue weighted by molar-refractivity contribution is 7.11. The maximum Gasteiger partial charge on any atom is 0.268 e. The van der Waals surface area contributed by atoms with E-state index >= 15 is 0 Å². The molecule has 0 saturated carbocycles. The predicted molar refractivity (Wildman–Crippen MR) is 116 cm³/mol. The van der Waals surface area contributed by atoms with E-state index in [2.05, 4.69) is 27.2 Å². The van der Waals surface area contributed by atoms with Gasteiger partial charge >= 0.3 is 0 Å². The second-order valence-corrected chi connectivity index (χ2v) is 7.84. The van der Waals surface area contributed by atoms with Crippen molar-refractivity contribution >= 4 is 34.4 Å². The second-order valence-electron chi connectivity index (χ2n) is 6.32. The molecule has 0 aliphatic carbocycles. The first-order chi connectivity index (χ1) is 13.8. The molecule has 6 nitrogen and oxygen atoms in total. The maximum absolute atomic E-state index is 13.9. The minimum atomic E-state index is -0.604. The van der Waals surface area contributed by atoms with Crippen molar-refractivity contribution in [2.45, 2.75) is 26.5 Å². The highest BCUT2D eigenvalue weighted by Crippen LogP contribution is 2.24. The fourth-order valence-electron chi connectivity index (χ4n) is 2.58. The number of hydrogen-bond donors (Lipinski definition) is 4. The quantitative estimate of drug-likeness (QED) is 0.446. The summed E-state index contributed by atoms with van der Waals surface area (Å²) in [7, 11) is 1.78. The number of nitrogens with zero attached hydrogens (tertiary/aromatic N) is 1. The summed E-state index contributed by atoms with van der Waals surface area (Å²) in [5.74, 6) is -0.921. The molecular weight excluding hydrogens is 415 g/mol. The molecular formula is C20H24ClFN4O2S.